The van der Waals surface area contributed by atoms with Crippen LogP contribution in [0.3, 0.4) is 0 Å². The van der Waals surface area contributed by atoms with Crippen molar-refractivity contribution in [3.05, 3.63) is 0 Å². The minimum atomic E-state index is 1.08. The maximum Gasteiger partial charge on any atom is 0.0128 e. The number of hydrogen-bond donors (Lipinski definition) is 1. The number of nitrogens with two attached hydrogens (primary N) is 1. The molecule has 2 nitrogen and oxygen atoms in total. The minimum absolute atomic E-state index is 1.08. The van der Waals surface area contributed by atoms with E-state index in [1.807, 2.05) is 5.01 Å². The van der Waals surface area contributed by atoms with Gasteiger partial charge < -0.3 is 0 Å². The van der Waals surface area contributed by atoms with Gasteiger partial charge in [0.2, 0.25) is 0 Å². The van der Waals surface area contributed by atoms with E-state index < -0.39 is 0 Å². The van der Waals surface area contributed by atoms with Gasteiger partial charge in [0.05, 0.1) is 0 Å². The number of rotatable bonds is 18. The molecule has 0 aromatic rings. The van der Waals surface area contributed by atoms with Gasteiger partial charge >= 0.3 is 0 Å². The summed E-state index contributed by atoms with van der Waals surface area (Å²) in [6.07, 6.45) is 22.3. The van der Waals surface area contributed by atoms with Crippen molar-refractivity contribution in [2.45, 2.75) is 117 Å². The number of nitrogens with zero attached hydrogens (tertiary/aromatic N) is 1. The molecule has 0 saturated heterocycles. The molecule has 2 N–H and O–H groups in total. The van der Waals surface area contributed by atoms with Gasteiger partial charge in [-0.3, -0.25) is 5.84 Å². The molecule has 0 aliphatic heterocycles. The van der Waals surface area contributed by atoms with Gasteiger partial charge in [0.25, 0.3) is 0 Å². The number of hydrogen-bond acceptors (Lipinski definition) is 2. The summed E-state index contributed by atoms with van der Waals surface area (Å²) in [4.78, 5) is 0. The van der Waals surface area contributed by atoms with Crippen LogP contribution in [0.4, 0.5) is 0 Å². The van der Waals surface area contributed by atoms with Gasteiger partial charge in [-0.25, -0.2) is 5.01 Å². The zero-order valence-electron chi connectivity index (χ0n) is 15.8. The van der Waals surface area contributed by atoms with Crippen LogP contribution < -0.4 is 5.84 Å². The Morgan fingerprint density at radius 2 is 0.727 bits per heavy atom. The third-order valence-corrected chi connectivity index (χ3v) is 4.60. The van der Waals surface area contributed by atoms with E-state index in [0.717, 1.165) is 13.1 Å². The summed E-state index contributed by atoms with van der Waals surface area (Å²) in [7, 11) is 0. The SMILES string of the molecule is CCCCCCCCCCCCCCCN(N)CCCCC. The van der Waals surface area contributed by atoms with Gasteiger partial charge in [-0.1, -0.05) is 104 Å². The van der Waals surface area contributed by atoms with Crippen molar-refractivity contribution in [3.8, 4) is 0 Å². The number of unbranched alkanes of at least 4 members (excludes halogenated alkanes) is 14. The third kappa shape index (κ3) is 18.0. The minimum Gasteiger partial charge on any atom is -0.269 e. The average molecular weight is 313 g/mol. The lowest BCUT2D eigenvalue weighted by atomic mass is 10.0. The van der Waals surface area contributed by atoms with Crippen LogP contribution in [0.2, 0.25) is 0 Å². The standard InChI is InChI=1S/C20H44N2/c1-3-5-7-8-9-10-11-12-13-14-15-16-18-20-22(21)19-17-6-4-2/h3-21H2,1-2H3. The molecule has 0 amide bonds. The Bertz CT molecular complexity index is 194. The molecule has 0 unspecified atom stereocenters. The van der Waals surface area contributed by atoms with E-state index in [1.165, 1.54) is 103 Å². The van der Waals surface area contributed by atoms with Crippen LogP contribution in [0.25, 0.3) is 0 Å². The average Bonchev–Trinajstić information content (AvgIpc) is 2.52. The Morgan fingerprint density at radius 3 is 1.14 bits per heavy atom. The Labute approximate surface area is 141 Å². The molecule has 22 heavy (non-hydrogen) atoms. The van der Waals surface area contributed by atoms with Gasteiger partial charge in [-0.2, -0.15) is 0 Å². The molecule has 0 radical (unpaired) electrons. The van der Waals surface area contributed by atoms with Crippen LogP contribution in [0.1, 0.15) is 117 Å². The Kier molecular flexibility index (Phi) is 18.9. The van der Waals surface area contributed by atoms with Crippen molar-refractivity contribution < 1.29 is 0 Å². The number of hydrazine groups is 1. The second-order valence-corrected chi connectivity index (χ2v) is 6.99. The maximum absolute atomic E-state index is 5.99. The predicted molar refractivity (Wildman–Crippen MR) is 101 cm³/mol. The first-order valence-electron chi connectivity index (χ1n) is 10.3. The van der Waals surface area contributed by atoms with Crippen molar-refractivity contribution in [2.75, 3.05) is 13.1 Å². The summed E-state index contributed by atoms with van der Waals surface area (Å²) < 4.78 is 0. The van der Waals surface area contributed by atoms with E-state index in [-0.39, 0.29) is 0 Å². The molecule has 0 aliphatic rings. The molecule has 0 aromatic heterocycles. The molecule has 0 saturated carbocycles. The Balaban J connectivity index is 3.05. The van der Waals surface area contributed by atoms with E-state index in [4.69, 9.17) is 5.84 Å². The van der Waals surface area contributed by atoms with Crippen molar-refractivity contribution in [1.82, 2.24) is 5.01 Å². The molecule has 0 fully saturated rings. The van der Waals surface area contributed by atoms with Crippen LogP contribution >= 0.6 is 0 Å². The molecular formula is C20H44N2. The van der Waals surface area contributed by atoms with Gasteiger partial charge in [0, 0.05) is 13.1 Å². The van der Waals surface area contributed by atoms with E-state index in [9.17, 15) is 0 Å². The highest BCUT2D eigenvalue weighted by Gasteiger charge is 1.98. The van der Waals surface area contributed by atoms with Gasteiger partial charge in [-0.15, -0.1) is 0 Å². The normalized spacial score (nSPS) is 11.5. The first-order valence-corrected chi connectivity index (χ1v) is 10.3. The van der Waals surface area contributed by atoms with E-state index in [1.54, 1.807) is 0 Å². The smallest absolute Gasteiger partial charge is 0.0128 e. The van der Waals surface area contributed by atoms with Crippen LogP contribution in [0.5, 0.6) is 0 Å². The van der Waals surface area contributed by atoms with E-state index in [0.29, 0.717) is 0 Å². The molecule has 0 heterocycles. The summed E-state index contributed by atoms with van der Waals surface area (Å²) in [5.74, 6) is 5.99. The second kappa shape index (κ2) is 19.0. The largest absolute Gasteiger partial charge is 0.269 e. The van der Waals surface area contributed by atoms with Crippen molar-refractivity contribution in [1.29, 1.82) is 0 Å². The molecule has 0 rings (SSSR count). The Morgan fingerprint density at radius 1 is 0.455 bits per heavy atom. The van der Waals surface area contributed by atoms with Crippen LogP contribution in [0, 0.1) is 0 Å². The molecular weight excluding hydrogens is 268 g/mol. The zero-order valence-corrected chi connectivity index (χ0v) is 15.8. The summed E-state index contributed by atoms with van der Waals surface area (Å²) in [6.45, 7) is 6.69. The summed E-state index contributed by atoms with van der Waals surface area (Å²) in [5, 5.41) is 2.02. The maximum atomic E-state index is 5.99. The summed E-state index contributed by atoms with van der Waals surface area (Å²) in [6, 6.07) is 0. The molecule has 0 aromatic carbocycles. The predicted octanol–water partition coefficient (Wildman–Crippen LogP) is 6.44. The van der Waals surface area contributed by atoms with E-state index >= 15 is 0 Å². The topological polar surface area (TPSA) is 29.3 Å². The molecule has 134 valence electrons. The summed E-state index contributed by atoms with van der Waals surface area (Å²) in [5.41, 5.74) is 0. The monoisotopic (exact) mass is 312 g/mol. The fourth-order valence-electron chi connectivity index (χ4n) is 3.01. The van der Waals surface area contributed by atoms with Crippen molar-refractivity contribution >= 4 is 0 Å². The third-order valence-electron chi connectivity index (χ3n) is 4.60. The molecule has 2 heteroatoms. The molecule has 0 spiro atoms. The fourth-order valence-corrected chi connectivity index (χ4v) is 3.01. The lowest BCUT2D eigenvalue weighted by Crippen LogP contribution is -2.32. The van der Waals surface area contributed by atoms with Crippen LogP contribution in [0.15, 0.2) is 0 Å². The van der Waals surface area contributed by atoms with Crippen molar-refractivity contribution in [2.24, 2.45) is 5.84 Å². The summed E-state index contributed by atoms with van der Waals surface area (Å²) >= 11 is 0. The second-order valence-electron chi connectivity index (χ2n) is 6.99. The highest BCUT2D eigenvalue weighted by molar-refractivity contribution is 4.52. The lowest BCUT2D eigenvalue weighted by molar-refractivity contribution is 0.269. The van der Waals surface area contributed by atoms with Crippen molar-refractivity contribution in [3.63, 3.8) is 0 Å². The molecule has 0 aliphatic carbocycles. The fraction of sp³-hybridized carbons (Fsp3) is 1.00. The highest BCUT2D eigenvalue weighted by Crippen LogP contribution is 2.12. The lowest BCUT2D eigenvalue weighted by Gasteiger charge is -2.15. The van der Waals surface area contributed by atoms with E-state index in [2.05, 4.69) is 13.8 Å². The van der Waals surface area contributed by atoms with Crippen LogP contribution in [-0.4, -0.2) is 18.1 Å². The highest BCUT2D eigenvalue weighted by atomic mass is 15.4. The first-order chi connectivity index (χ1) is 10.8. The zero-order chi connectivity index (χ0) is 16.3. The van der Waals surface area contributed by atoms with Gasteiger partial charge in [0.1, 0.15) is 0 Å². The Hall–Kier alpha value is -0.0800. The quantitative estimate of drug-likeness (QED) is 0.179. The van der Waals surface area contributed by atoms with Crippen LogP contribution in [-0.2, 0) is 0 Å². The molecule has 0 atom stereocenters. The van der Waals surface area contributed by atoms with Gasteiger partial charge in [-0.05, 0) is 12.8 Å². The first kappa shape index (κ1) is 21.9. The molecule has 0 bridgehead atoms. The van der Waals surface area contributed by atoms with Gasteiger partial charge in [0.15, 0.2) is 0 Å².